The lowest BCUT2D eigenvalue weighted by Gasteiger charge is -2.13. The van der Waals surface area contributed by atoms with Gasteiger partial charge in [0.2, 0.25) is 0 Å². The highest BCUT2D eigenvalue weighted by Crippen LogP contribution is 2.15. The molecule has 19 heavy (non-hydrogen) atoms. The summed E-state index contributed by atoms with van der Waals surface area (Å²) in [5.74, 6) is 0.327. The van der Waals surface area contributed by atoms with Gasteiger partial charge in [-0.1, -0.05) is 12.1 Å². The van der Waals surface area contributed by atoms with Crippen LogP contribution in [0.1, 0.15) is 32.8 Å². The van der Waals surface area contributed by atoms with Crippen LogP contribution in [0.15, 0.2) is 24.3 Å². The Morgan fingerprint density at radius 3 is 2.42 bits per heavy atom. The topological polar surface area (TPSA) is 61.5 Å². The molecule has 2 N–H and O–H groups in total. The van der Waals surface area contributed by atoms with Gasteiger partial charge in [0.25, 0.3) is 0 Å². The van der Waals surface area contributed by atoms with E-state index in [-0.39, 0.29) is 12.0 Å². The highest BCUT2D eigenvalue weighted by atomic mass is 16.6. The molecule has 0 heterocycles. The molecule has 2 atom stereocenters. The normalized spacial score (nSPS) is 13.7. The Hall–Kier alpha value is -1.55. The van der Waals surface area contributed by atoms with Gasteiger partial charge in [-0.05, 0) is 51.3 Å². The lowest BCUT2D eigenvalue weighted by atomic mass is 10.1. The Morgan fingerprint density at radius 2 is 1.89 bits per heavy atom. The zero-order chi connectivity index (χ0) is 14.3. The number of benzene rings is 1. The highest BCUT2D eigenvalue weighted by Gasteiger charge is 2.15. The Labute approximate surface area is 114 Å². The second kappa shape index (κ2) is 7.79. The molecular weight excluding hydrogens is 242 g/mol. The molecule has 0 aromatic heterocycles. The maximum Gasteiger partial charge on any atom is 0.347 e. The zero-order valence-corrected chi connectivity index (χ0v) is 11.9. The number of hydrogen-bond donors (Lipinski definition) is 1. The summed E-state index contributed by atoms with van der Waals surface area (Å²) in [5.41, 5.74) is 6.94. The minimum atomic E-state index is -0.588. The van der Waals surface area contributed by atoms with Crippen LogP contribution in [-0.4, -0.2) is 24.7 Å². The van der Waals surface area contributed by atoms with Crippen molar-refractivity contribution >= 4 is 5.97 Å². The van der Waals surface area contributed by atoms with Gasteiger partial charge in [-0.25, -0.2) is 4.79 Å². The zero-order valence-electron chi connectivity index (χ0n) is 11.9. The van der Waals surface area contributed by atoms with Gasteiger partial charge in [0.15, 0.2) is 6.10 Å². The molecule has 0 aliphatic carbocycles. The van der Waals surface area contributed by atoms with Crippen LogP contribution in [0, 0.1) is 0 Å². The molecule has 0 saturated carbocycles. The summed E-state index contributed by atoms with van der Waals surface area (Å²) in [7, 11) is 0. The van der Waals surface area contributed by atoms with Crippen molar-refractivity contribution in [1.29, 1.82) is 0 Å². The van der Waals surface area contributed by atoms with E-state index in [0.717, 1.165) is 12.8 Å². The molecule has 4 heteroatoms. The van der Waals surface area contributed by atoms with Crippen LogP contribution in [-0.2, 0) is 16.0 Å². The van der Waals surface area contributed by atoms with Crippen molar-refractivity contribution in [2.75, 3.05) is 6.61 Å². The first-order valence-corrected chi connectivity index (χ1v) is 6.70. The molecule has 4 nitrogen and oxygen atoms in total. The molecule has 0 amide bonds. The molecule has 1 rings (SSSR count). The van der Waals surface area contributed by atoms with Crippen molar-refractivity contribution in [1.82, 2.24) is 0 Å². The van der Waals surface area contributed by atoms with Crippen molar-refractivity contribution < 1.29 is 14.3 Å². The molecule has 1 aromatic rings. The largest absolute Gasteiger partial charge is 0.479 e. The van der Waals surface area contributed by atoms with Crippen LogP contribution in [0.5, 0.6) is 5.75 Å². The van der Waals surface area contributed by atoms with Crippen LogP contribution in [0.2, 0.25) is 0 Å². The summed E-state index contributed by atoms with van der Waals surface area (Å²) in [6.07, 6.45) is 1.32. The van der Waals surface area contributed by atoms with E-state index in [1.54, 1.807) is 13.8 Å². The van der Waals surface area contributed by atoms with Gasteiger partial charge in [0.1, 0.15) is 5.75 Å². The molecule has 0 saturated heterocycles. The van der Waals surface area contributed by atoms with Crippen LogP contribution in [0.25, 0.3) is 0 Å². The summed E-state index contributed by atoms with van der Waals surface area (Å²) >= 11 is 0. The molecule has 106 valence electrons. The van der Waals surface area contributed by atoms with E-state index in [2.05, 4.69) is 0 Å². The SMILES string of the molecule is CCOC(=O)C(C)Oc1ccc(CCC(C)N)cc1. The average Bonchev–Trinajstić information content (AvgIpc) is 2.38. The smallest absolute Gasteiger partial charge is 0.347 e. The first-order chi connectivity index (χ1) is 9.02. The monoisotopic (exact) mass is 265 g/mol. The first-order valence-electron chi connectivity index (χ1n) is 6.70. The van der Waals surface area contributed by atoms with E-state index in [1.165, 1.54) is 5.56 Å². The molecule has 0 bridgehead atoms. The molecule has 1 aromatic carbocycles. The number of ether oxygens (including phenoxy) is 2. The molecule has 2 unspecified atom stereocenters. The van der Waals surface area contributed by atoms with Crippen molar-refractivity contribution in [2.24, 2.45) is 5.73 Å². The number of esters is 1. The maximum atomic E-state index is 11.4. The summed E-state index contributed by atoms with van der Waals surface area (Å²) < 4.78 is 10.4. The minimum absolute atomic E-state index is 0.208. The third-order valence-electron chi connectivity index (χ3n) is 2.74. The van der Waals surface area contributed by atoms with E-state index < -0.39 is 6.10 Å². The minimum Gasteiger partial charge on any atom is -0.479 e. The fraction of sp³-hybridized carbons (Fsp3) is 0.533. The first kappa shape index (κ1) is 15.5. The van der Waals surface area contributed by atoms with Gasteiger partial charge < -0.3 is 15.2 Å². The van der Waals surface area contributed by atoms with Gasteiger partial charge in [0.05, 0.1) is 6.61 Å². The molecule has 0 radical (unpaired) electrons. The third kappa shape index (κ3) is 5.75. The number of carbonyl (C=O) groups is 1. The lowest BCUT2D eigenvalue weighted by Crippen LogP contribution is -2.26. The summed E-state index contributed by atoms with van der Waals surface area (Å²) in [5, 5.41) is 0. The second-order valence-electron chi connectivity index (χ2n) is 4.67. The predicted molar refractivity (Wildman–Crippen MR) is 75.1 cm³/mol. The number of hydrogen-bond acceptors (Lipinski definition) is 4. The van der Waals surface area contributed by atoms with Gasteiger partial charge in [-0.3, -0.25) is 0 Å². The van der Waals surface area contributed by atoms with Gasteiger partial charge in [-0.15, -0.1) is 0 Å². The van der Waals surface area contributed by atoms with Gasteiger partial charge in [0, 0.05) is 6.04 Å². The molecule has 0 fully saturated rings. The third-order valence-corrected chi connectivity index (χ3v) is 2.74. The van der Waals surface area contributed by atoms with E-state index >= 15 is 0 Å². The lowest BCUT2D eigenvalue weighted by molar-refractivity contribution is -0.150. The van der Waals surface area contributed by atoms with Gasteiger partial charge >= 0.3 is 5.97 Å². The van der Waals surface area contributed by atoms with Crippen LogP contribution >= 0.6 is 0 Å². The van der Waals surface area contributed by atoms with E-state index in [1.807, 2.05) is 31.2 Å². The van der Waals surface area contributed by atoms with Crippen LogP contribution < -0.4 is 10.5 Å². The number of carbonyl (C=O) groups excluding carboxylic acids is 1. The fourth-order valence-corrected chi connectivity index (χ4v) is 1.64. The maximum absolute atomic E-state index is 11.4. The Balaban J connectivity index is 2.49. The Morgan fingerprint density at radius 1 is 1.26 bits per heavy atom. The predicted octanol–water partition coefficient (Wildman–Crippen LogP) is 2.30. The quantitative estimate of drug-likeness (QED) is 0.768. The number of rotatable bonds is 7. The van der Waals surface area contributed by atoms with Crippen molar-refractivity contribution in [3.8, 4) is 5.75 Å². The van der Waals surface area contributed by atoms with Crippen molar-refractivity contribution in [3.63, 3.8) is 0 Å². The van der Waals surface area contributed by atoms with Crippen LogP contribution in [0.3, 0.4) is 0 Å². The number of aryl methyl sites for hydroxylation is 1. The van der Waals surface area contributed by atoms with E-state index in [0.29, 0.717) is 12.4 Å². The summed E-state index contributed by atoms with van der Waals surface area (Å²) in [6.45, 7) is 5.82. The van der Waals surface area contributed by atoms with E-state index in [9.17, 15) is 4.79 Å². The molecule has 0 aliphatic rings. The number of nitrogens with two attached hydrogens (primary N) is 1. The fourth-order valence-electron chi connectivity index (χ4n) is 1.64. The Kier molecular flexibility index (Phi) is 6.36. The van der Waals surface area contributed by atoms with Gasteiger partial charge in [-0.2, -0.15) is 0 Å². The van der Waals surface area contributed by atoms with E-state index in [4.69, 9.17) is 15.2 Å². The summed E-state index contributed by atoms with van der Waals surface area (Å²) in [4.78, 5) is 11.4. The van der Waals surface area contributed by atoms with Crippen molar-refractivity contribution in [2.45, 2.75) is 45.8 Å². The molecule has 0 aliphatic heterocycles. The standard InChI is InChI=1S/C15H23NO3/c1-4-18-15(17)12(3)19-14-9-7-13(8-10-14)6-5-11(2)16/h7-12H,4-6,16H2,1-3H3. The second-order valence-corrected chi connectivity index (χ2v) is 4.67. The van der Waals surface area contributed by atoms with Crippen molar-refractivity contribution in [3.05, 3.63) is 29.8 Å². The van der Waals surface area contributed by atoms with Crippen LogP contribution in [0.4, 0.5) is 0 Å². The molecular formula is C15H23NO3. The average molecular weight is 265 g/mol. The molecule has 0 spiro atoms. The highest BCUT2D eigenvalue weighted by molar-refractivity contribution is 5.74. The summed E-state index contributed by atoms with van der Waals surface area (Å²) in [6, 6.07) is 7.93. The Bertz CT molecular complexity index is 387.